The number of H-pyrrole nitrogens is 1. The van der Waals surface area contributed by atoms with Gasteiger partial charge in [-0.3, -0.25) is 9.89 Å². The van der Waals surface area contributed by atoms with Crippen LogP contribution in [0.15, 0.2) is 6.07 Å². The molecule has 2 rings (SSSR count). The molecule has 0 aliphatic heterocycles. The van der Waals surface area contributed by atoms with Crippen LogP contribution in [-0.4, -0.2) is 28.7 Å². The Labute approximate surface area is 92.4 Å². The van der Waals surface area contributed by atoms with Gasteiger partial charge in [0.05, 0.1) is 6.61 Å². The molecule has 0 saturated heterocycles. The van der Waals surface area contributed by atoms with E-state index in [1.807, 2.05) is 0 Å². The molecule has 0 bridgehead atoms. The molecule has 0 unspecified atom stereocenters. The van der Waals surface area contributed by atoms with Crippen molar-refractivity contribution in [3.05, 3.63) is 11.8 Å². The number of carbonyl (C=O) groups excluding carboxylic acids is 2. The molecule has 2 N–H and O–H groups in total. The molecule has 0 aromatic carbocycles. The number of esters is 1. The summed E-state index contributed by atoms with van der Waals surface area (Å²) in [7, 11) is 0. The van der Waals surface area contributed by atoms with Crippen molar-refractivity contribution in [3.63, 3.8) is 0 Å². The SMILES string of the molecule is CCOC(=O)c1cc(NC(=O)C2CC2)n[nH]1. The van der Waals surface area contributed by atoms with Gasteiger partial charge in [-0.1, -0.05) is 0 Å². The van der Waals surface area contributed by atoms with Crippen molar-refractivity contribution in [3.8, 4) is 0 Å². The van der Waals surface area contributed by atoms with Crippen LogP contribution in [0, 0.1) is 5.92 Å². The van der Waals surface area contributed by atoms with Crippen molar-refractivity contribution in [1.82, 2.24) is 10.2 Å². The fourth-order valence-corrected chi connectivity index (χ4v) is 1.27. The Morgan fingerprint density at radius 1 is 1.62 bits per heavy atom. The standard InChI is InChI=1S/C10H13N3O3/c1-2-16-10(15)7-5-8(13-12-7)11-9(14)6-3-4-6/h5-6H,2-4H2,1H3,(H2,11,12,13,14). The minimum atomic E-state index is -0.470. The van der Waals surface area contributed by atoms with E-state index >= 15 is 0 Å². The van der Waals surface area contributed by atoms with Crippen molar-refractivity contribution in [1.29, 1.82) is 0 Å². The fraction of sp³-hybridized carbons (Fsp3) is 0.500. The largest absolute Gasteiger partial charge is 0.461 e. The zero-order chi connectivity index (χ0) is 11.5. The molecule has 1 amide bonds. The third-order valence-corrected chi connectivity index (χ3v) is 2.27. The topological polar surface area (TPSA) is 84.1 Å². The number of amides is 1. The highest BCUT2D eigenvalue weighted by atomic mass is 16.5. The van der Waals surface area contributed by atoms with E-state index in [9.17, 15) is 9.59 Å². The summed E-state index contributed by atoms with van der Waals surface area (Å²) in [6, 6.07) is 1.47. The Kier molecular flexibility index (Phi) is 2.89. The van der Waals surface area contributed by atoms with Gasteiger partial charge in [0.1, 0.15) is 5.69 Å². The Morgan fingerprint density at radius 3 is 3.00 bits per heavy atom. The van der Waals surface area contributed by atoms with E-state index in [0.717, 1.165) is 12.8 Å². The van der Waals surface area contributed by atoms with Crippen LogP contribution in [0.5, 0.6) is 0 Å². The van der Waals surface area contributed by atoms with Crippen LogP contribution >= 0.6 is 0 Å². The molecule has 1 aromatic heterocycles. The van der Waals surface area contributed by atoms with Gasteiger partial charge < -0.3 is 10.1 Å². The van der Waals surface area contributed by atoms with Gasteiger partial charge in [-0.05, 0) is 19.8 Å². The number of aromatic amines is 1. The summed E-state index contributed by atoms with van der Waals surface area (Å²) in [4.78, 5) is 22.7. The summed E-state index contributed by atoms with van der Waals surface area (Å²) < 4.78 is 4.78. The summed E-state index contributed by atoms with van der Waals surface area (Å²) >= 11 is 0. The van der Waals surface area contributed by atoms with Crippen molar-refractivity contribution >= 4 is 17.7 Å². The van der Waals surface area contributed by atoms with Crippen LogP contribution in [0.1, 0.15) is 30.3 Å². The number of aromatic nitrogens is 2. The number of hydrogen-bond donors (Lipinski definition) is 2. The second kappa shape index (κ2) is 4.34. The van der Waals surface area contributed by atoms with Crippen molar-refractivity contribution in [2.45, 2.75) is 19.8 Å². The smallest absolute Gasteiger partial charge is 0.356 e. The Balaban J connectivity index is 1.95. The lowest BCUT2D eigenvalue weighted by Gasteiger charge is -1.97. The van der Waals surface area contributed by atoms with Gasteiger partial charge in [0.2, 0.25) is 5.91 Å². The van der Waals surface area contributed by atoms with Gasteiger partial charge in [0.25, 0.3) is 0 Å². The first-order valence-corrected chi connectivity index (χ1v) is 5.24. The predicted molar refractivity (Wildman–Crippen MR) is 55.9 cm³/mol. The molecule has 1 heterocycles. The number of carbonyl (C=O) groups is 2. The van der Waals surface area contributed by atoms with Gasteiger partial charge in [-0.15, -0.1) is 0 Å². The minimum Gasteiger partial charge on any atom is -0.461 e. The quantitative estimate of drug-likeness (QED) is 0.744. The normalized spacial score (nSPS) is 14.6. The van der Waals surface area contributed by atoms with E-state index in [1.165, 1.54) is 6.07 Å². The van der Waals surface area contributed by atoms with Gasteiger partial charge in [-0.2, -0.15) is 5.10 Å². The lowest BCUT2D eigenvalue weighted by molar-refractivity contribution is -0.117. The Hall–Kier alpha value is -1.85. The first-order valence-electron chi connectivity index (χ1n) is 5.24. The lowest BCUT2D eigenvalue weighted by atomic mass is 10.4. The summed E-state index contributed by atoms with van der Waals surface area (Å²) in [5.74, 6) is -0.0356. The van der Waals surface area contributed by atoms with Crippen molar-refractivity contribution < 1.29 is 14.3 Å². The van der Waals surface area contributed by atoms with Crippen molar-refractivity contribution in [2.75, 3.05) is 11.9 Å². The molecule has 6 heteroatoms. The summed E-state index contributed by atoms with van der Waals surface area (Å²) in [5.41, 5.74) is 0.243. The lowest BCUT2D eigenvalue weighted by Crippen LogP contribution is -2.13. The average Bonchev–Trinajstić information content (AvgIpc) is 3.00. The Bertz CT molecular complexity index is 409. The summed E-state index contributed by atoms with van der Waals surface area (Å²) in [6.45, 7) is 2.03. The molecule has 16 heavy (non-hydrogen) atoms. The second-order valence-corrected chi connectivity index (χ2v) is 3.65. The van der Waals surface area contributed by atoms with Gasteiger partial charge >= 0.3 is 5.97 Å². The van der Waals surface area contributed by atoms with Gasteiger partial charge in [-0.25, -0.2) is 4.79 Å². The van der Waals surface area contributed by atoms with Gasteiger partial charge in [0, 0.05) is 12.0 Å². The van der Waals surface area contributed by atoms with Crippen LogP contribution in [0.3, 0.4) is 0 Å². The summed E-state index contributed by atoms with van der Waals surface area (Å²) in [5, 5.41) is 8.96. The van der Waals surface area contributed by atoms with Crippen LogP contribution < -0.4 is 5.32 Å². The zero-order valence-electron chi connectivity index (χ0n) is 8.95. The predicted octanol–water partition coefficient (Wildman–Crippen LogP) is 0.935. The molecule has 1 aromatic rings. The molecular formula is C10H13N3O3. The monoisotopic (exact) mass is 223 g/mol. The highest BCUT2D eigenvalue weighted by Gasteiger charge is 2.30. The molecule has 1 fully saturated rings. The first-order chi connectivity index (χ1) is 7.70. The number of ether oxygens (including phenoxy) is 1. The van der Waals surface area contributed by atoms with E-state index in [0.29, 0.717) is 12.4 Å². The maximum atomic E-state index is 11.4. The number of nitrogens with one attached hydrogen (secondary N) is 2. The first kappa shape index (κ1) is 10.7. The number of rotatable bonds is 4. The number of hydrogen-bond acceptors (Lipinski definition) is 4. The van der Waals surface area contributed by atoms with E-state index in [2.05, 4.69) is 15.5 Å². The van der Waals surface area contributed by atoms with E-state index in [1.54, 1.807) is 6.92 Å². The Morgan fingerprint density at radius 2 is 2.38 bits per heavy atom. The number of nitrogens with zero attached hydrogens (tertiary/aromatic N) is 1. The molecule has 1 aliphatic rings. The number of anilines is 1. The third-order valence-electron chi connectivity index (χ3n) is 2.27. The third kappa shape index (κ3) is 2.39. The highest BCUT2D eigenvalue weighted by molar-refractivity contribution is 5.95. The fourth-order valence-electron chi connectivity index (χ4n) is 1.27. The zero-order valence-corrected chi connectivity index (χ0v) is 8.95. The molecule has 0 atom stereocenters. The molecule has 1 aliphatic carbocycles. The molecular weight excluding hydrogens is 210 g/mol. The van der Waals surface area contributed by atoms with Crippen LogP contribution in [0.2, 0.25) is 0 Å². The highest BCUT2D eigenvalue weighted by Crippen LogP contribution is 2.29. The van der Waals surface area contributed by atoms with E-state index in [4.69, 9.17) is 4.74 Å². The molecule has 0 radical (unpaired) electrons. The molecule has 6 nitrogen and oxygen atoms in total. The molecule has 86 valence electrons. The van der Waals surface area contributed by atoms with Gasteiger partial charge in [0.15, 0.2) is 5.82 Å². The van der Waals surface area contributed by atoms with E-state index in [-0.39, 0.29) is 17.5 Å². The van der Waals surface area contributed by atoms with Crippen LogP contribution in [-0.2, 0) is 9.53 Å². The maximum Gasteiger partial charge on any atom is 0.356 e. The maximum absolute atomic E-state index is 11.4. The average molecular weight is 223 g/mol. The van der Waals surface area contributed by atoms with Crippen molar-refractivity contribution in [2.24, 2.45) is 5.92 Å². The summed E-state index contributed by atoms with van der Waals surface area (Å²) in [6.07, 6.45) is 1.86. The molecule has 1 saturated carbocycles. The second-order valence-electron chi connectivity index (χ2n) is 3.65. The molecule has 0 spiro atoms. The van der Waals surface area contributed by atoms with Crippen LogP contribution in [0.4, 0.5) is 5.82 Å². The van der Waals surface area contributed by atoms with E-state index < -0.39 is 5.97 Å². The minimum absolute atomic E-state index is 0.0399. The van der Waals surface area contributed by atoms with Crippen LogP contribution in [0.25, 0.3) is 0 Å².